The Morgan fingerprint density at radius 1 is 0.922 bits per heavy atom. The molecule has 5 rings (SSSR count). The van der Waals surface area contributed by atoms with E-state index in [1.807, 2.05) is 0 Å². The molecule has 3 unspecified atom stereocenters. The molecule has 18 heteroatoms. The highest BCUT2D eigenvalue weighted by Gasteiger charge is 2.71. The highest BCUT2D eigenvalue weighted by molar-refractivity contribution is 7.92. The highest BCUT2D eigenvalue weighted by atomic mass is 32.2. The largest absolute Gasteiger partial charge is 0.445 e. The minimum absolute atomic E-state index is 0.0534. The van der Waals surface area contributed by atoms with Gasteiger partial charge in [-0.3, -0.25) is 13.5 Å². The van der Waals surface area contributed by atoms with Crippen molar-refractivity contribution < 1.29 is 63.0 Å². The minimum atomic E-state index is -6.19. The Morgan fingerprint density at radius 3 is 2.18 bits per heavy atom. The third-order valence-electron chi connectivity index (χ3n) is 8.87. The summed E-state index contributed by atoms with van der Waals surface area (Å²) in [6, 6.07) is 11.4. The summed E-state index contributed by atoms with van der Waals surface area (Å²) in [5, 5.41) is 12.5. The Hall–Kier alpha value is -4.45. The van der Waals surface area contributed by atoms with Crippen molar-refractivity contribution in [3.05, 3.63) is 95.3 Å². The lowest BCUT2D eigenvalue weighted by Gasteiger charge is -2.39. The van der Waals surface area contributed by atoms with Crippen molar-refractivity contribution in [1.82, 2.24) is 10.2 Å². The first kappa shape index (κ1) is 37.8. The van der Waals surface area contributed by atoms with Gasteiger partial charge in [-0.15, -0.1) is 0 Å². The van der Waals surface area contributed by atoms with Crippen LogP contribution in [0.5, 0.6) is 0 Å². The molecule has 2 aliphatic heterocycles. The molecule has 2 amide bonds. The molecule has 276 valence electrons. The molecule has 3 aromatic carbocycles. The van der Waals surface area contributed by atoms with Crippen LogP contribution in [0.1, 0.15) is 29.5 Å². The van der Waals surface area contributed by atoms with Gasteiger partial charge in [-0.2, -0.15) is 26.3 Å². The molecular formula is C33H31F8N3O6S. The Labute approximate surface area is 286 Å². The van der Waals surface area contributed by atoms with Gasteiger partial charge < -0.3 is 20.1 Å². The van der Waals surface area contributed by atoms with Gasteiger partial charge in [-0.05, 0) is 54.3 Å². The predicted octanol–water partition coefficient (Wildman–Crippen LogP) is 5.76. The van der Waals surface area contributed by atoms with E-state index >= 15 is 0 Å². The second-order valence-electron chi connectivity index (χ2n) is 12.2. The first-order chi connectivity index (χ1) is 23.9. The summed E-state index contributed by atoms with van der Waals surface area (Å²) in [7, 11) is -4.73. The van der Waals surface area contributed by atoms with E-state index in [4.69, 9.17) is 4.74 Å². The van der Waals surface area contributed by atoms with E-state index in [0.29, 0.717) is 28.1 Å². The first-order valence-electron chi connectivity index (χ1n) is 15.5. The van der Waals surface area contributed by atoms with Crippen molar-refractivity contribution in [3.8, 4) is 0 Å². The molecule has 2 N–H and O–H groups in total. The first-order valence-corrected chi connectivity index (χ1v) is 16.9. The molecule has 51 heavy (non-hydrogen) atoms. The molecule has 0 radical (unpaired) electrons. The van der Waals surface area contributed by atoms with Gasteiger partial charge >= 0.3 is 18.4 Å². The van der Waals surface area contributed by atoms with E-state index < -0.39 is 87.4 Å². The number of aliphatic hydroxyl groups is 1. The van der Waals surface area contributed by atoms with E-state index in [2.05, 4.69) is 5.32 Å². The second-order valence-corrected chi connectivity index (χ2v) is 14.0. The number of carbonyl (C=O) groups is 2. The Kier molecular flexibility index (Phi) is 10.6. The summed E-state index contributed by atoms with van der Waals surface area (Å²) in [5.74, 6) is -2.43. The molecule has 9 nitrogen and oxygen atoms in total. The number of ether oxygens (including phenoxy) is 1. The molecule has 0 bridgehead atoms. The maximum Gasteiger partial charge on any atom is 0.430 e. The third-order valence-corrected chi connectivity index (χ3v) is 10.8. The van der Waals surface area contributed by atoms with Gasteiger partial charge in [-0.25, -0.2) is 17.6 Å². The number of rotatable bonds is 9. The van der Waals surface area contributed by atoms with Crippen LogP contribution in [-0.4, -0.2) is 74.6 Å². The van der Waals surface area contributed by atoms with Gasteiger partial charge in [0.2, 0.25) is 5.91 Å². The van der Waals surface area contributed by atoms with Crippen molar-refractivity contribution in [2.75, 3.05) is 24.1 Å². The zero-order valence-corrected chi connectivity index (χ0v) is 27.2. The number of anilines is 1. The number of benzene rings is 3. The molecule has 1 fully saturated rings. The lowest BCUT2D eigenvalue weighted by Crippen LogP contribution is -2.54. The van der Waals surface area contributed by atoms with Crippen LogP contribution in [-0.2, 0) is 38.2 Å². The molecule has 0 aromatic heterocycles. The van der Waals surface area contributed by atoms with E-state index in [9.17, 15) is 58.2 Å². The van der Waals surface area contributed by atoms with E-state index in [1.165, 1.54) is 4.90 Å². The van der Waals surface area contributed by atoms with Gasteiger partial charge in [0.1, 0.15) is 12.4 Å². The van der Waals surface area contributed by atoms with Crippen molar-refractivity contribution in [3.63, 3.8) is 0 Å². The van der Waals surface area contributed by atoms with Gasteiger partial charge in [-0.1, -0.05) is 42.5 Å². The van der Waals surface area contributed by atoms with Crippen LogP contribution < -0.4 is 9.62 Å². The molecular weight excluding hydrogens is 718 g/mol. The number of amides is 2. The van der Waals surface area contributed by atoms with Crippen LogP contribution in [0.4, 0.5) is 45.6 Å². The van der Waals surface area contributed by atoms with Gasteiger partial charge in [0.15, 0.2) is 0 Å². The standard InChI is InChI=1S/C33H31F8N3O6S/c34-16-22-17-43(30(46)50-19-20-4-2-1-3-5-20)18-27(22)42-29(45)15-25-10-6-21-14-23(31(47,32(36,37)38)33(39,40)41)7-13-28(21)44(25)51(48,49)26-11-8-24(35)9-12-26/h1-5,7-9,11-14,22,25,27,47H,6,10,15-19H2,(H,42,45). The zero-order valence-electron chi connectivity index (χ0n) is 26.4. The Morgan fingerprint density at radius 2 is 1.57 bits per heavy atom. The summed E-state index contributed by atoms with van der Waals surface area (Å²) >= 11 is 0. The molecule has 0 spiro atoms. The molecule has 2 aliphatic rings. The van der Waals surface area contributed by atoms with Crippen LogP contribution in [0.2, 0.25) is 0 Å². The van der Waals surface area contributed by atoms with E-state index in [1.54, 1.807) is 30.3 Å². The van der Waals surface area contributed by atoms with Crippen molar-refractivity contribution in [2.45, 2.75) is 60.8 Å². The average molecular weight is 750 g/mol. The number of likely N-dealkylation sites (tertiary alicyclic amines) is 1. The summed E-state index contributed by atoms with van der Waals surface area (Å²) < 4.78 is 143. The second kappa shape index (κ2) is 14.3. The smallest absolute Gasteiger partial charge is 0.430 e. The number of alkyl halides is 7. The number of nitrogens with zero attached hydrogens (tertiary/aromatic N) is 2. The van der Waals surface area contributed by atoms with Gasteiger partial charge in [0.25, 0.3) is 15.6 Å². The molecule has 0 saturated carbocycles. The lowest BCUT2D eigenvalue weighted by molar-refractivity contribution is -0.376. The SMILES string of the molecule is O=C(CC1CCc2cc(C(O)(C(F)(F)F)C(F)(F)F)ccc2N1S(=O)(=O)c1ccc(F)cc1)NC1CN(C(=O)OCc2ccccc2)CC1CF. The normalized spacial score (nSPS) is 19.8. The summed E-state index contributed by atoms with van der Waals surface area (Å²) in [6.07, 6.45) is -14.3. The quantitative estimate of drug-likeness (QED) is 0.269. The molecule has 3 atom stereocenters. The van der Waals surface area contributed by atoms with Crippen molar-refractivity contribution >= 4 is 27.7 Å². The van der Waals surface area contributed by atoms with Crippen LogP contribution >= 0.6 is 0 Å². The lowest BCUT2D eigenvalue weighted by atomic mass is 9.87. The van der Waals surface area contributed by atoms with Crippen LogP contribution in [0.3, 0.4) is 0 Å². The number of nitrogens with one attached hydrogen (secondary N) is 1. The molecule has 2 heterocycles. The monoisotopic (exact) mass is 749 g/mol. The highest BCUT2D eigenvalue weighted by Crippen LogP contribution is 2.51. The maximum atomic E-state index is 14.0. The molecule has 3 aromatic rings. The zero-order chi connectivity index (χ0) is 37.4. The summed E-state index contributed by atoms with van der Waals surface area (Å²) in [4.78, 5) is 26.8. The van der Waals surface area contributed by atoms with Crippen LogP contribution in [0.15, 0.2) is 77.7 Å². The minimum Gasteiger partial charge on any atom is -0.445 e. The maximum absolute atomic E-state index is 14.0. The fourth-order valence-electron chi connectivity index (χ4n) is 6.21. The summed E-state index contributed by atoms with van der Waals surface area (Å²) in [5.41, 5.74) is -6.84. The number of aryl methyl sites for hydroxylation is 1. The number of hydrogen-bond acceptors (Lipinski definition) is 6. The van der Waals surface area contributed by atoms with Gasteiger partial charge in [0, 0.05) is 31.0 Å². The average Bonchev–Trinajstić information content (AvgIpc) is 3.48. The number of hydrogen-bond donors (Lipinski definition) is 2. The third kappa shape index (κ3) is 7.61. The number of halogens is 8. The fourth-order valence-corrected chi connectivity index (χ4v) is 7.93. The van der Waals surface area contributed by atoms with Crippen molar-refractivity contribution in [1.29, 1.82) is 0 Å². The Balaban J connectivity index is 1.39. The molecule has 1 saturated heterocycles. The summed E-state index contributed by atoms with van der Waals surface area (Å²) in [6.45, 7) is -1.22. The number of fused-ring (bicyclic) bond motifs is 1. The van der Waals surface area contributed by atoms with E-state index in [-0.39, 0.29) is 43.8 Å². The topological polar surface area (TPSA) is 116 Å². The number of carbonyl (C=O) groups excluding carboxylic acids is 2. The van der Waals surface area contributed by atoms with Crippen LogP contribution in [0.25, 0.3) is 0 Å². The van der Waals surface area contributed by atoms with Gasteiger partial charge in [0.05, 0.1) is 29.3 Å². The Bertz CT molecular complexity index is 1830. The number of sulfonamides is 1. The molecule has 0 aliphatic carbocycles. The fraction of sp³-hybridized carbons (Fsp3) is 0.394. The predicted molar refractivity (Wildman–Crippen MR) is 165 cm³/mol. The van der Waals surface area contributed by atoms with Crippen molar-refractivity contribution in [2.24, 2.45) is 5.92 Å². The van der Waals surface area contributed by atoms with Crippen LogP contribution in [0, 0.1) is 11.7 Å². The van der Waals surface area contributed by atoms with E-state index in [0.717, 1.165) is 24.3 Å².